The van der Waals surface area contributed by atoms with Crippen LogP contribution < -0.4 is 0 Å². The van der Waals surface area contributed by atoms with Crippen molar-refractivity contribution in [2.75, 3.05) is 65.8 Å². The van der Waals surface area contributed by atoms with Crippen molar-refractivity contribution in [1.29, 1.82) is 0 Å². The predicted molar refractivity (Wildman–Crippen MR) is 117 cm³/mol. The zero-order valence-corrected chi connectivity index (χ0v) is 26.2. The van der Waals surface area contributed by atoms with Gasteiger partial charge >= 0.3 is 0 Å². The number of hydrogen-bond acceptors (Lipinski definition) is 8. The molecule has 2 rings (SSSR count). The standard InChI is InChI=1S/2C11H20NO4.Rf/c2*1-15-8-10(13)9-16-7-6-12-5-3-2-4-11(12)14;/h2*10,13H,1-9H2;/q2*-1;. The minimum absolute atomic E-state index is 0. The van der Waals surface area contributed by atoms with E-state index in [0.29, 0.717) is 39.1 Å². The van der Waals surface area contributed by atoms with Crippen LogP contribution in [0.25, 0.3) is 0 Å². The van der Waals surface area contributed by atoms with Crippen molar-refractivity contribution >= 4 is 11.8 Å². The first kappa shape index (κ1) is 30.7. The molecule has 0 bridgehead atoms. The van der Waals surface area contributed by atoms with Gasteiger partial charge < -0.3 is 39.0 Å². The van der Waals surface area contributed by atoms with Gasteiger partial charge in [-0.05, 0) is 25.7 Å². The third kappa shape index (κ3) is 14.5. The smallest absolute Gasteiger partial charge is 0.222 e. The van der Waals surface area contributed by atoms with E-state index in [9.17, 15) is 19.8 Å². The molecule has 0 aromatic carbocycles. The molecule has 0 radical (unpaired) electrons. The number of aliphatic hydroxyl groups excluding tert-OH is 2. The molecule has 0 saturated carbocycles. The molecular weight excluding hydrogens is 687 g/mol. The first-order chi connectivity index (χ1) is 15.5. The van der Waals surface area contributed by atoms with Gasteiger partial charge in [0, 0.05) is 52.2 Å². The molecule has 2 amide bonds. The van der Waals surface area contributed by atoms with Crippen molar-refractivity contribution in [2.45, 2.75) is 50.7 Å². The number of aliphatic hydroxyl groups is 2. The van der Waals surface area contributed by atoms with E-state index < -0.39 is 12.2 Å². The topological polar surface area (TPSA) is 118 Å². The Morgan fingerprint density at radius 1 is 0.727 bits per heavy atom. The Kier molecular flexibility index (Phi) is 17.9. The molecule has 0 aliphatic carbocycles. The SMILES string of the molecule is [CH2-]OCC(O)COCCN1CCCCC1=O.[CH2-]OCC(O)COCCN1CCCCC1=O.[Rf]. The van der Waals surface area contributed by atoms with E-state index in [1.807, 2.05) is 9.80 Å². The Hall–Kier alpha value is -2.30. The van der Waals surface area contributed by atoms with E-state index in [0.717, 1.165) is 38.8 Å². The number of carbonyl (C=O) groups is 2. The fourth-order valence-electron chi connectivity index (χ4n) is 3.35. The summed E-state index contributed by atoms with van der Waals surface area (Å²) in [6, 6.07) is 0. The molecule has 2 aliphatic rings. The van der Waals surface area contributed by atoms with Crippen molar-refractivity contribution in [3.8, 4) is 0 Å². The third-order valence-corrected chi connectivity index (χ3v) is 5.09. The van der Waals surface area contributed by atoms with Crippen LogP contribution in [0.4, 0.5) is 0 Å². The van der Waals surface area contributed by atoms with Gasteiger partial charge in [0.1, 0.15) is 0 Å². The Labute approximate surface area is 191 Å². The van der Waals surface area contributed by atoms with Crippen LogP contribution in [0, 0.1) is 14.2 Å². The molecule has 2 unspecified atom stereocenters. The van der Waals surface area contributed by atoms with Crippen molar-refractivity contribution in [2.24, 2.45) is 0 Å². The summed E-state index contributed by atoms with van der Waals surface area (Å²) in [5, 5.41) is 18.5. The van der Waals surface area contributed by atoms with E-state index >= 15 is 0 Å². The number of rotatable bonds is 14. The van der Waals surface area contributed by atoms with Crippen LogP contribution in [-0.4, -0.2) is 110 Å². The number of amides is 2. The van der Waals surface area contributed by atoms with E-state index in [4.69, 9.17) is 9.47 Å². The van der Waals surface area contributed by atoms with E-state index in [-0.39, 0.29) is 38.2 Å². The molecule has 10 nitrogen and oxygen atoms in total. The Balaban J connectivity index is 0.000000602. The van der Waals surface area contributed by atoms with Gasteiger partial charge in [0.05, 0.1) is 38.6 Å². The van der Waals surface area contributed by atoms with Crippen LogP contribution >= 0.6 is 0 Å². The van der Waals surface area contributed by atoms with Crippen LogP contribution in [0.3, 0.4) is 0 Å². The van der Waals surface area contributed by atoms with Gasteiger partial charge in [-0.3, -0.25) is 9.59 Å². The Bertz CT molecular complexity index is 471. The summed E-state index contributed by atoms with van der Waals surface area (Å²) < 4.78 is 19.5. The third-order valence-electron chi connectivity index (χ3n) is 5.09. The summed E-state index contributed by atoms with van der Waals surface area (Å²) in [4.78, 5) is 26.5. The van der Waals surface area contributed by atoms with E-state index in [1.54, 1.807) is 0 Å². The molecule has 33 heavy (non-hydrogen) atoms. The second-order valence-corrected chi connectivity index (χ2v) is 7.87. The maximum atomic E-state index is 11.4. The van der Waals surface area contributed by atoms with Gasteiger partial charge in [0.2, 0.25) is 11.8 Å². The Morgan fingerprint density at radius 3 is 1.45 bits per heavy atom. The Morgan fingerprint density at radius 2 is 1.12 bits per heavy atom. The molecule has 0 spiro atoms. The average molecular weight is 728 g/mol. The summed E-state index contributed by atoms with van der Waals surface area (Å²) >= 11 is 0. The normalized spacial score (nSPS) is 18.3. The zero-order chi connectivity index (χ0) is 23.6. The van der Waals surface area contributed by atoms with Gasteiger partial charge in [0.25, 0.3) is 0 Å². The molecule has 2 heterocycles. The second kappa shape index (κ2) is 19.2. The predicted octanol–water partition coefficient (Wildman–Crippen LogP) is 0.369. The number of piperidine rings is 2. The number of likely N-dealkylation sites (tertiary alicyclic amines) is 2. The molecule has 2 aliphatic heterocycles. The number of carbonyl (C=O) groups excluding carboxylic acids is 2. The monoisotopic (exact) mass is 727 g/mol. The maximum Gasteiger partial charge on any atom is 0.222 e. The molecule has 2 N–H and O–H groups in total. The van der Waals surface area contributed by atoms with Gasteiger partial charge in [-0.2, -0.15) is 0 Å². The fourth-order valence-corrected chi connectivity index (χ4v) is 3.35. The largest absolute Gasteiger partial charge is 0.553 e. The summed E-state index contributed by atoms with van der Waals surface area (Å²) in [6.45, 7) is 4.56. The van der Waals surface area contributed by atoms with Gasteiger partial charge in [-0.25, -0.2) is 14.2 Å². The molecule has 0 aromatic heterocycles. The quantitative estimate of drug-likeness (QED) is 0.195. The van der Waals surface area contributed by atoms with Gasteiger partial charge in [0.15, 0.2) is 0 Å². The van der Waals surface area contributed by atoms with Crippen LogP contribution in [0.1, 0.15) is 38.5 Å². The average Bonchev–Trinajstić information content (AvgIpc) is 2.77. The summed E-state index contributed by atoms with van der Waals surface area (Å²) in [6.07, 6.45) is 4.15. The van der Waals surface area contributed by atoms with E-state index in [1.165, 1.54) is 0 Å². The summed E-state index contributed by atoms with van der Waals surface area (Å²) in [5.74, 6) is 0.410. The van der Waals surface area contributed by atoms with Crippen molar-refractivity contribution < 1.29 is 38.7 Å². The van der Waals surface area contributed by atoms with Crippen LogP contribution in [-0.2, 0) is 28.5 Å². The molecule has 11 heteroatoms. The summed E-state index contributed by atoms with van der Waals surface area (Å²) in [5.41, 5.74) is 0. The van der Waals surface area contributed by atoms with E-state index in [2.05, 4.69) is 23.7 Å². The number of nitrogens with zero attached hydrogens (tertiary/aromatic N) is 2. The first-order valence-corrected chi connectivity index (χ1v) is 11.3. The van der Waals surface area contributed by atoms with Gasteiger partial charge in [-0.1, -0.05) is 0 Å². The molecule has 190 valence electrons. The molecule has 2 fully saturated rings. The van der Waals surface area contributed by atoms with Crippen LogP contribution in [0.15, 0.2) is 0 Å². The number of hydrogen-bond donors (Lipinski definition) is 2. The van der Waals surface area contributed by atoms with Crippen molar-refractivity contribution in [3.05, 3.63) is 14.2 Å². The molecular formula is C22H40N2O8Rf-2. The van der Waals surface area contributed by atoms with Crippen LogP contribution in [0.5, 0.6) is 0 Å². The minimum atomic E-state index is -0.644. The maximum absolute atomic E-state index is 11.4. The van der Waals surface area contributed by atoms with Gasteiger partial charge in [-0.15, -0.1) is 0 Å². The molecule has 2 atom stereocenters. The second-order valence-electron chi connectivity index (χ2n) is 7.87. The van der Waals surface area contributed by atoms with Crippen molar-refractivity contribution in [1.82, 2.24) is 9.80 Å². The minimum Gasteiger partial charge on any atom is -0.553 e. The summed E-state index contributed by atoms with van der Waals surface area (Å²) in [7, 11) is 6.34. The van der Waals surface area contributed by atoms with Crippen LogP contribution in [0.2, 0.25) is 0 Å². The number of ether oxygens (including phenoxy) is 4. The first-order valence-electron chi connectivity index (χ1n) is 11.3. The molecule has 0 aromatic rings. The molecule has 2 saturated heterocycles. The zero-order valence-electron chi connectivity index (χ0n) is 19.8. The fraction of sp³-hybridized carbons (Fsp3) is 0.818. The van der Waals surface area contributed by atoms with Crippen molar-refractivity contribution in [3.63, 3.8) is 0 Å².